The molecule has 0 saturated carbocycles. The molecule has 0 aliphatic heterocycles. The molecule has 1 aromatic heterocycles. The van der Waals surface area contributed by atoms with Crippen LogP contribution in [0.3, 0.4) is 0 Å². The van der Waals surface area contributed by atoms with E-state index in [9.17, 15) is 4.79 Å². The molecule has 4 aromatic rings. The van der Waals surface area contributed by atoms with Crippen molar-refractivity contribution in [3.05, 3.63) is 144 Å². The fourth-order valence-corrected chi connectivity index (χ4v) is 8.13. The van der Waals surface area contributed by atoms with Gasteiger partial charge in [0, 0.05) is 17.8 Å². The first-order valence-corrected chi connectivity index (χ1v) is 13.0. The van der Waals surface area contributed by atoms with Crippen LogP contribution in [0.25, 0.3) is 0 Å². The lowest BCUT2D eigenvalue weighted by atomic mass is 10.3. The highest BCUT2D eigenvalue weighted by atomic mass is 35.5. The van der Waals surface area contributed by atoms with Crippen LogP contribution in [0.2, 0.25) is 5.15 Å². The highest BCUT2D eigenvalue weighted by molar-refractivity contribution is 7.99. The average molecular weight is 498 g/mol. The number of pyridine rings is 1. The second-order valence-corrected chi connectivity index (χ2v) is 11.5. The van der Waals surface area contributed by atoms with E-state index in [4.69, 9.17) is 21.7 Å². The molecule has 0 aliphatic rings. The van der Waals surface area contributed by atoms with Crippen molar-refractivity contribution in [2.75, 3.05) is 0 Å². The molecule has 0 saturated heterocycles. The lowest BCUT2D eigenvalue weighted by Gasteiger charge is -2.27. The second kappa shape index (κ2) is 11.1. The molecule has 0 fully saturated rings. The Hall–Kier alpha value is -3.85. The molecule has 3 aromatic carbocycles. The van der Waals surface area contributed by atoms with Gasteiger partial charge in [-0.15, -0.1) is 0 Å². The number of carbonyl (C=O) groups excluding carboxylic acids is 1. The van der Waals surface area contributed by atoms with E-state index in [2.05, 4.69) is 48.0 Å². The molecule has 4 rings (SSSR count). The maximum atomic E-state index is 12.6. The van der Waals surface area contributed by atoms with E-state index in [0.717, 1.165) is 21.2 Å². The normalized spacial score (nSPS) is 11.2. The molecule has 0 bridgehead atoms. The molecular weight excluding hydrogens is 475 g/mol. The highest BCUT2D eigenvalue weighted by Gasteiger charge is 2.47. The van der Waals surface area contributed by atoms with E-state index in [1.54, 1.807) is 12.1 Å². The predicted octanol–water partition coefficient (Wildman–Crippen LogP) is 5.67. The number of nitrogens with one attached hydrogen (secondary N) is 1. The summed E-state index contributed by atoms with van der Waals surface area (Å²) in [6.45, 7) is 4.45. The van der Waals surface area contributed by atoms with E-state index in [1.807, 2.05) is 54.6 Å². The van der Waals surface area contributed by atoms with Gasteiger partial charge in [0.25, 0.3) is 0 Å². The molecule has 35 heavy (non-hydrogen) atoms. The van der Waals surface area contributed by atoms with Crippen molar-refractivity contribution >= 4 is 46.6 Å². The lowest BCUT2D eigenvalue weighted by Crippen LogP contribution is -2.31. The van der Waals surface area contributed by atoms with Crippen molar-refractivity contribution in [1.82, 2.24) is 4.98 Å². The van der Waals surface area contributed by atoms with E-state index in [0.29, 0.717) is 5.56 Å². The summed E-state index contributed by atoms with van der Waals surface area (Å²) in [5.74, 6) is -0.971. The first-order valence-electron chi connectivity index (χ1n) is 10.9. The number of carbonyl (C=O) groups is 1. The maximum Gasteiger partial charge on any atom is 0.337 e. The monoisotopic (exact) mass is 497 g/mol. The van der Waals surface area contributed by atoms with Crippen molar-refractivity contribution < 1.29 is 9.53 Å². The van der Waals surface area contributed by atoms with Crippen LogP contribution in [-0.4, -0.2) is 16.9 Å². The van der Waals surface area contributed by atoms with Gasteiger partial charge in [0.15, 0.2) is 0 Å². The molecular formula is C29H23ClN2O2P+. The number of nitrogens with zero attached hydrogens (tertiary/aromatic N) is 1. The number of esters is 1. The van der Waals surface area contributed by atoms with Gasteiger partial charge < -0.3 is 4.74 Å². The van der Waals surface area contributed by atoms with Crippen LogP contribution in [0.15, 0.2) is 133 Å². The van der Waals surface area contributed by atoms with Crippen molar-refractivity contribution in [2.45, 2.75) is 0 Å². The quantitative estimate of drug-likeness (QED) is 0.0680. The summed E-state index contributed by atoms with van der Waals surface area (Å²) in [6, 6.07) is 33.7. The Morgan fingerprint density at radius 1 is 0.829 bits per heavy atom. The minimum Gasteiger partial charge on any atom is -0.404 e. The third kappa shape index (κ3) is 5.30. The van der Waals surface area contributed by atoms with Gasteiger partial charge in [-0.25, -0.2) is 9.78 Å². The Balaban J connectivity index is 1.73. The number of rotatable bonds is 7. The number of ether oxygens (including phenoxy) is 1. The largest absolute Gasteiger partial charge is 0.404 e. The molecule has 4 nitrogen and oxygen atoms in total. The van der Waals surface area contributed by atoms with Crippen LogP contribution < -0.4 is 15.9 Å². The average Bonchev–Trinajstić information content (AvgIpc) is 2.90. The number of hydrogen-bond acceptors (Lipinski definition) is 4. The van der Waals surface area contributed by atoms with Gasteiger partial charge in [-0.05, 0) is 54.6 Å². The van der Waals surface area contributed by atoms with Crippen LogP contribution >= 0.6 is 18.9 Å². The minimum absolute atomic E-state index is 0.218. The van der Waals surface area contributed by atoms with Gasteiger partial charge in [-0.3, -0.25) is 5.41 Å². The van der Waals surface area contributed by atoms with E-state index < -0.39 is 13.2 Å². The summed E-state index contributed by atoms with van der Waals surface area (Å²) in [7, 11) is -2.37. The summed E-state index contributed by atoms with van der Waals surface area (Å²) >= 11 is 5.88. The number of hydrogen-bond donors (Lipinski definition) is 1. The van der Waals surface area contributed by atoms with Crippen molar-refractivity contribution in [1.29, 1.82) is 5.41 Å². The second-order valence-electron chi connectivity index (χ2n) is 7.62. The number of allylic oxidation sites excluding steroid dienone is 2. The topological polar surface area (TPSA) is 63.0 Å². The number of aromatic nitrogens is 1. The third-order valence-corrected chi connectivity index (χ3v) is 9.90. The first kappa shape index (κ1) is 24.3. The summed E-state index contributed by atoms with van der Waals surface area (Å²) < 4.78 is 5.21. The highest BCUT2D eigenvalue weighted by Crippen LogP contribution is 2.62. The Labute approximate surface area is 210 Å². The number of halogens is 1. The molecule has 0 aliphatic carbocycles. The molecule has 0 unspecified atom stereocenters. The maximum absolute atomic E-state index is 12.6. The fourth-order valence-electron chi connectivity index (χ4n) is 3.91. The van der Waals surface area contributed by atoms with Gasteiger partial charge in [0.05, 0.1) is 0 Å². The smallest absolute Gasteiger partial charge is 0.337 e. The zero-order chi connectivity index (χ0) is 24.7. The first-order chi connectivity index (χ1) is 17.0. The van der Waals surface area contributed by atoms with Crippen LogP contribution in [0.4, 0.5) is 0 Å². The Kier molecular flexibility index (Phi) is 7.67. The molecule has 0 amide bonds. The molecule has 0 radical (unpaired) electrons. The molecule has 172 valence electrons. The zero-order valence-corrected chi connectivity index (χ0v) is 20.5. The van der Waals surface area contributed by atoms with E-state index in [1.165, 1.54) is 18.3 Å². The van der Waals surface area contributed by atoms with Crippen molar-refractivity contribution in [3.63, 3.8) is 0 Å². The number of benzene rings is 3. The Morgan fingerprint density at radius 2 is 1.31 bits per heavy atom. The summed E-state index contributed by atoms with van der Waals surface area (Å²) in [4.78, 5) is 16.5. The molecule has 0 atom stereocenters. The third-order valence-electron chi connectivity index (χ3n) is 5.46. The van der Waals surface area contributed by atoms with Gasteiger partial charge in [-0.1, -0.05) is 72.8 Å². The lowest BCUT2D eigenvalue weighted by molar-refractivity contribution is -0.130. The molecule has 0 spiro atoms. The fraction of sp³-hybridized carbons (Fsp3) is 0. The minimum atomic E-state index is -2.37. The van der Waals surface area contributed by atoms with Crippen LogP contribution in [-0.2, 0) is 9.53 Å². The standard InChI is InChI=1S/C29H23ClN2O2P/c1-22(17-18-28(33)34-29(31)23-19-20-32-27(30)21-23)35(24-11-5-2-6-12-24,25-13-7-3-8-14-25)26-15-9-4-10-16-26/h2-21,31H,1H2/q+1. The van der Waals surface area contributed by atoms with Gasteiger partial charge in [0.2, 0.25) is 5.90 Å². The molecule has 6 heteroatoms. The van der Waals surface area contributed by atoms with Crippen molar-refractivity contribution in [2.24, 2.45) is 0 Å². The summed E-state index contributed by atoms with van der Waals surface area (Å²) in [6.07, 6.45) is 4.48. The van der Waals surface area contributed by atoms with Crippen LogP contribution in [0.5, 0.6) is 0 Å². The predicted molar refractivity (Wildman–Crippen MR) is 146 cm³/mol. The van der Waals surface area contributed by atoms with Gasteiger partial charge in [-0.2, -0.15) is 0 Å². The van der Waals surface area contributed by atoms with E-state index >= 15 is 0 Å². The summed E-state index contributed by atoms with van der Waals surface area (Å²) in [5.41, 5.74) is 0.366. The van der Waals surface area contributed by atoms with Crippen LogP contribution in [0.1, 0.15) is 5.56 Å². The van der Waals surface area contributed by atoms with Gasteiger partial charge in [0.1, 0.15) is 33.6 Å². The Bertz CT molecular complexity index is 1280. The zero-order valence-electron chi connectivity index (χ0n) is 18.8. The van der Waals surface area contributed by atoms with E-state index in [-0.39, 0.29) is 11.1 Å². The summed E-state index contributed by atoms with van der Waals surface area (Å²) in [5, 5.41) is 12.5. The van der Waals surface area contributed by atoms with Crippen LogP contribution in [0, 0.1) is 5.41 Å². The molecule has 1 heterocycles. The van der Waals surface area contributed by atoms with Crippen molar-refractivity contribution in [3.8, 4) is 0 Å². The Morgan fingerprint density at radius 3 is 1.77 bits per heavy atom. The SMILES string of the molecule is C=C(C=CC(=O)OC(=N)c1ccnc(Cl)c1)[P+](c1ccccc1)(c1ccccc1)c1ccccc1. The van der Waals surface area contributed by atoms with Gasteiger partial charge >= 0.3 is 5.97 Å². The molecule has 1 N–H and O–H groups in total.